The van der Waals surface area contributed by atoms with Crippen LogP contribution in [0.3, 0.4) is 0 Å². The van der Waals surface area contributed by atoms with Crippen molar-refractivity contribution < 1.29 is 14.7 Å². The summed E-state index contributed by atoms with van der Waals surface area (Å²) in [6.45, 7) is 5.75. The number of urea groups is 1. The van der Waals surface area contributed by atoms with Crippen molar-refractivity contribution in [2.45, 2.75) is 31.8 Å². The number of carboxylic acids is 1. The first-order valence-electron chi connectivity index (χ1n) is 7.61. The number of hydrogen-bond acceptors (Lipinski definition) is 4. The van der Waals surface area contributed by atoms with Crippen molar-refractivity contribution in [3.8, 4) is 0 Å². The number of nitrogens with zero attached hydrogens (tertiary/aromatic N) is 3. The smallest absolute Gasteiger partial charge is 0.327 e. The number of aliphatic carboxylic acids is 1. The van der Waals surface area contributed by atoms with Crippen molar-refractivity contribution in [2.24, 2.45) is 0 Å². The third-order valence-electron chi connectivity index (χ3n) is 4.51. The van der Waals surface area contributed by atoms with Crippen LogP contribution < -0.4 is 0 Å². The van der Waals surface area contributed by atoms with E-state index in [2.05, 4.69) is 11.8 Å². The van der Waals surface area contributed by atoms with E-state index in [-0.39, 0.29) is 12.1 Å². The van der Waals surface area contributed by atoms with E-state index in [9.17, 15) is 14.7 Å². The molecule has 1 unspecified atom stereocenters. The second kappa shape index (κ2) is 7.35. The quantitative estimate of drug-likeness (QED) is 0.842. The topological polar surface area (TPSA) is 64.1 Å². The van der Waals surface area contributed by atoms with Crippen LogP contribution >= 0.6 is 11.8 Å². The fourth-order valence-corrected chi connectivity index (χ4v) is 4.06. The minimum Gasteiger partial charge on any atom is -0.480 e. The van der Waals surface area contributed by atoms with Crippen LogP contribution in [0.1, 0.15) is 19.8 Å². The zero-order valence-corrected chi connectivity index (χ0v) is 13.6. The maximum absolute atomic E-state index is 12.6. The van der Waals surface area contributed by atoms with Gasteiger partial charge in [0.15, 0.2) is 0 Å². The van der Waals surface area contributed by atoms with Crippen LogP contribution in [0.2, 0.25) is 0 Å². The molecule has 120 valence electrons. The van der Waals surface area contributed by atoms with Crippen molar-refractivity contribution in [2.75, 3.05) is 44.7 Å². The Morgan fingerprint density at radius 1 is 1.29 bits per heavy atom. The summed E-state index contributed by atoms with van der Waals surface area (Å²) >= 11 is 1.60. The summed E-state index contributed by atoms with van der Waals surface area (Å²) in [5.74, 6) is 0.408. The largest absolute Gasteiger partial charge is 0.480 e. The van der Waals surface area contributed by atoms with Crippen LogP contribution in [-0.2, 0) is 4.79 Å². The lowest BCUT2D eigenvalue weighted by atomic mass is 10.0. The highest BCUT2D eigenvalue weighted by Crippen LogP contribution is 2.21. The predicted octanol–water partition coefficient (Wildman–Crippen LogP) is 1.02. The number of thioether (sulfide) groups is 1. The highest BCUT2D eigenvalue weighted by Gasteiger charge is 2.36. The molecule has 0 bridgehead atoms. The van der Waals surface area contributed by atoms with E-state index in [4.69, 9.17) is 0 Å². The van der Waals surface area contributed by atoms with Crippen molar-refractivity contribution in [1.82, 2.24) is 14.7 Å². The fourth-order valence-electron chi connectivity index (χ4n) is 3.02. The van der Waals surface area contributed by atoms with Gasteiger partial charge in [-0.25, -0.2) is 9.59 Å². The predicted molar refractivity (Wildman–Crippen MR) is 83.7 cm³/mol. The molecular formula is C14H25N3O3S. The monoisotopic (exact) mass is 315 g/mol. The van der Waals surface area contributed by atoms with Gasteiger partial charge in [0.05, 0.1) is 0 Å². The van der Waals surface area contributed by atoms with E-state index in [1.54, 1.807) is 16.7 Å². The average molecular weight is 315 g/mol. The molecule has 21 heavy (non-hydrogen) atoms. The minimum atomic E-state index is -0.898. The lowest BCUT2D eigenvalue weighted by Crippen LogP contribution is -2.57. The Morgan fingerprint density at radius 3 is 2.52 bits per heavy atom. The van der Waals surface area contributed by atoms with Gasteiger partial charge in [0.2, 0.25) is 0 Å². The van der Waals surface area contributed by atoms with Gasteiger partial charge < -0.3 is 19.8 Å². The molecule has 1 atom stereocenters. The highest BCUT2D eigenvalue weighted by atomic mass is 32.2. The Bertz CT molecular complexity index is 386. The Morgan fingerprint density at radius 2 is 1.95 bits per heavy atom. The third kappa shape index (κ3) is 3.83. The van der Waals surface area contributed by atoms with E-state index in [1.807, 2.05) is 7.05 Å². The number of hydrogen-bond donors (Lipinski definition) is 1. The molecule has 2 amide bonds. The summed E-state index contributed by atoms with van der Waals surface area (Å²) in [5.41, 5.74) is 0. The summed E-state index contributed by atoms with van der Waals surface area (Å²) < 4.78 is 0. The molecule has 0 aromatic rings. The van der Waals surface area contributed by atoms with Crippen LogP contribution in [0, 0.1) is 0 Å². The molecule has 2 heterocycles. The highest BCUT2D eigenvalue weighted by molar-refractivity contribution is 7.99. The molecule has 7 heteroatoms. The van der Waals surface area contributed by atoms with E-state index in [0.717, 1.165) is 38.2 Å². The number of carbonyl (C=O) groups is 2. The molecule has 0 aromatic heterocycles. The first kappa shape index (κ1) is 16.4. The first-order valence-corrected chi connectivity index (χ1v) is 8.76. The summed E-state index contributed by atoms with van der Waals surface area (Å²) in [6, 6.07) is -0.587. The van der Waals surface area contributed by atoms with Crippen molar-refractivity contribution in [1.29, 1.82) is 0 Å². The van der Waals surface area contributed by atoms with Crippen LogP contribution in [0.15, 0.2) is 0 Å². The second-order valence-electron chi connectivity index (χ2n) is 5.68. The van der Waals surface area contributed by atoms with Crippen LogP contribution in [-0.4, -0.2) is 88.6 Å². The van der Waals surface area contributed by atoms with Gasteiger partial charge >= 0.3 is 12.0 Å². The van der Waals surface area contributed by atoms with Gasteiger partial charge in [-0.2, -0.15) is 11.8 Å². The number of likely N-dealkylation sites (tertiary alicyclic amines) is 1. The van der Waals surface area contributed by atoms with E-state index in [0.29, 0.717) is 12.3 Å². The Kier molecular flexibility index (Phi) is 5.75. The first-order chi connectivity index (χ1) is 10.0. The van der Waals surface area contributed by atoms with E-state index < -0.39 is 12.0 Å². The number of rotatable bonds is 3. The van der Waals surface area contributed by atoms with Crippen LogP contribution in [0.25, 0.3) is 0 Å². The van der Waals surface area contributed by atoms with Gasteiger partial charge in [-0.3, -0.25) is 0 Å². The molecule has 2 aliphatic heterocycles. The van der Waals surface area contributed by atoms with Crippen molar-refractivity contribution in [3.63, 3.8) is 0 Å². The maximum Gasteiger partial charge on any atom is 0.327 e. The van der Waals surface area contributed by atoms with Gasteiger partial charge in [0, 0.05) is 44.2 Å². The lowest BCUT2D eigenvalue weighted by molar-refractivity contribution is -0.141. The molecule has 2 saturated heterocycles. The second-order valence-corrected chi connectivity index (χ2v) is 6.83. The van der Waals surface area contributed by atoms with Crippen LogP contribution in [0.4, 0.5) is 4.79 Å². The molecule has 2 aliphatic rings. The average Bonchev–Trinajstić information content (AvgIpc) is 2.53. The third-order valence-corrected chi connectivity index (χ3v) is 5.54. The number of carboxylic acid groups (broad SMARTS) is 1. The van der Waals surface area contributed by atoms with Gasteiger partial charge in [0.1, 0.15) is 6.04 Å². The molecule has 0 aliphatic carbocycles. The molecule has 0 spiro atoms. The number of piperidine rings is 1. The van der Waals surface area contributed by atoms with E-state index in [1.165, 1.54) is 4.90 Å². The number of carbonyl (C=O) groups excluding carboxylic acids is 1. The van der Waals surface area contributed by atoms with Crippen molar-refractivity contribution in [3.05, 3.63) is 0 Å². The van der Waals surface area contributed by atoms with Gasteiger partial charge in [0.25, 0.3) is 0 Å². The fraction of sp³-hybridized carbons (Fsp3) is 0.857. The number of amides is 2. The SMILES string of the molecule is CCN1CCC(N(C)C(=O)N2CCSCC2C(=O)O)CC1. The molecule has 6 nitrogen and oxygen atoms in total. The Hall–Kier alpha value is -0.950. The molecule has 2 fully saturated rings. The molecular weight excluding hydrogens is 290 g/mol. The zero-order valence-electron chi connectivity index (χ0n) is 12.8. The standard InChI is InChI=1S/C14H25N3O3S/c1-3-16-6-4-11(5-7-16)15(2)14(20)17-8-9-21-10-12(17)13(18)19/h11-12H,3-10H2,1-2H3,(H,18,19). The van der Waals surface area contributed by atoms with Crippen LogP contribution in [0.5, 0.6) is 0 Å². The summed E-state index contributed by atoms with van der Waals surface area (Å²) in [7, 11) is 1.81. The summed E-state index contributed by atoms with van der Waals surface area (Å²) in [4.78, 5) is 29.6. The summed E-state index contributed by atoms with van der Waals surface area (Å²) in [5, 5.41) is 9.28. The normalized spacial score (nSPS) is 24.9. The van der Waals surface area contributed by atoms with Crippen molar-refractivity contribution >= 4 is 23.8 Å². The molecule has 1 N–H and O–H groups in total. The maximum atomic E-state index is 12.6. The summed E-state index contributed by atoms with van der Waals surface area (Å²) in [6.07, 6.45) is 1.94. The Labute approximate surface area is 130 Å². The minimum absolute atomic E-state index is 0.127. The van der Waals surface area contributed by atoms with Gasteiger partial charge in [-0.05, 0) is 19.4 Å². The van der Waals surface area contributed by atoms with Gasteiger partial charge in [-0.15, -0.1) is 0 Å². The van der Waals surface area contributed by atoms with E-state index >= 15 is 0 Å². The molecule has 2 rings (SSSR count). The lowest BCUT2D eigenvalue weighted by Gasteiger charge is -2.41. The molecule has 0 aromatic carbocycles. The van der Waals surface area contributed by atoms with Gasteiger partial charge in [-0.1, -0.05) is 6.92 Å². The molecule has 0 saturated carbocycles. The molecule has 0 radical (unpaired) electrons. The zero-order chi connectivity index (χ0) is 15.4. The Balaban J connectivity index is 1.96.